The van der Waals surface area contributed by atoms with Gasteiger partial charge in [-0.1, -0.05) is 29.8 Å². The number of halogens is 2. The number of carbonyl (C=O) groups excluding carboxylic acids is 1. The lowest BCUT2D eigenvalue weighted by Gasteiger charge is -2.27. The molecular weight excluding hydrogens is 529 g/mol. The van der Waals surface area contributed by atoms with Gasteiger partial charge >= 0.3 is 0 Å². The molecule has 0 radical (unpaired) electrons. The first kappa shape index (κ1) is 27.5. The number of rotatable bonds is 11. The Kier molecular flexibility index (Phi) is 8.96. The highest BCUT2D eigenvalue weighted by molar-refractivity contribution is 7.89. The van der Waals surface area contributed by atoms with Crippen LogP contribution in [0.2, 0.25) is 5.02 Å². The van der Waals surface area contributed by atoms with Crippen LogP contribution in [0.5, 0.6) is 0 Å². The molecule has 0 bridgehead atoms. The molecule has 0 saturated carbocycles. The predicted molar refractivity (Wildman–Crippen MR) is 137 cm³/mol. The van der Waals surface area contributed by atoms with Gasteiger partial charge in [0, 0.05) is 24.0 Å². The van der Waals surface area contributed by atoms with Gasteiger partial charge in [0.15, 0.2) is 0 Å². The quantitative estimate of drug-likeness (QED) is 0.186. The summed E-state index contributed by atoms with van der Waals surface area (Å²) in [6.45, 7) is 5.11. The number of carbonyl (C=O) groups is 1. The van der Waals surface area contributed by atoms with Crippen LogP contribution in [0.3, 0.4) is 0 Å². The van der Waals surface area contributed by atoms with Crippen molar-refractivity contribution in [3.05, 3.63) is 104 Å². The van der Waals surface area contributed by atoms with Crippen LogP contribution in [0.15, 0.2) is 71.5 Å². The minimum atomic E-state index is -4.31. The number of sulfonamides is 1. The van der Waals surface area contributed by atoms with E-state index in [1.807, 2.05) is 18.4 Å². The van der Waals surface area contributed by atoms with E-state index >= 15 is 0 Å². The maximum Gasteiger partial charge on any atom is 0.289 e. The van der Waals surface area contributed by atoms with Crippen molar-refractivity contribution in [2.45, 2.75) is 24.9 Å². The number of nitro benzene ring substituents is 1. The first-order valence-electron chi connectivity index (χ1n) is 10.6. The summed E-state index contributed by atoms with van der Waals surface area (Å²) in [5.74, 6) is -0.910. The zero-order chi connectivity index (χ0) is 26.5. The Bertz CT molecular complexity index is 1380. The second kappa shape index (κ2) is 11.7. The summed E-state index contributed by atoms with van der Waals surface area (Å²) in [6, 6.07) is 10.7. The van der Waals surface area contributed by atoms with Crippen LogP contribution in [0, 0.1) is 22.9 Å². The van der Waals surface area contributed by atoms with Gasteiger partial charge in [0.1, 0.15) is 10.8 Å². The van der Waals surface area contributed by atoms with Gasteiger partial charge in [0.25, 0.3) is 5.69 Å². The van der Waals surface area contributed by atoms with Crippen molar-refractivity contribution in [3.63, 3.8) is 0 Å². The topological polar surface area (TPSA) is 101 Å². The summed E-state index contributed by atoms with van der Waals surface area (Å²) in [4.78, 5) is 25.9. The Labute approximate surface area is 217 Å². The van der Waals surface area contributed by atoms with Gasteiger partial charge in [-0.2, -0.15) is 4.31 Å². The molecule has 0 aliphatic carbocycles. The van der Waals surface area contributed by atoms with Crippen LogP contribution in [-0.4, -0.2) is 41.5 Å². The lowest BCUT2D eigenvalue weighted by molar-refractivity contribution is -0.384. The molecule has 3 rings (SSSR count). The van der Waals surface area contributed by atoms with Crippen molar-refractivity contribution in [3.8, 4) is 0 Å². The number of nitro groups is 1. The summed E-state index contributed by atoms with van der Waals surface area (Å²) in [7, 11) is -4.31. The fourth-order valence-electron chi connectivity index (χ4n) is 3.37. The summed E-state index contributed by atoms with van der Waals surface area (Å²) >= 11 is 7.29. The lowest BCUT2D eigenvalue weighted by Crippen LogP contribution is -2.42. The second-order valence-corrected chi connectivity index (χ2v) is 11.2. The van der Waals surface area contributed by atoms with Crippen molar-refractivity contribution in [2.75, 3.05) is 13.1 Å². The number of hydrogen-bond acceptors (Lipinski definition) is 6. The number of amides is 1. The van der Waals surface area contributed by atoms with Crippen molar-refractivity contribution in [2.24, 2.45) is 0 Å². The molecule has 0 aliphatic heterocycles. The largest absolute Gasteiger partial charge is 0.332 e. The average Bonchev–Trinajstić information content (AvgIpc) is 3.23. The highest BCUT2D eigenvalue weighted by Gasteiger charge is 2.30. The molecular formula is C24H23ClFN3O5S2. The van der Waals surface area contributed by atoms with Gasteiger partial charge in [-0.15, -0.1) is 17.9 Å². The molecule has 0 saturated heterocycles. The third kappa shape index (κ3) is 6.55. The second-order valence-electron chi connectivity index (χ2n) is 7.86. The van der Waals surface area contributed by atoms with E-state index in [4.69, 9.17) is 11.6 Å². The molecule has 0 unspecified atom stereocenters. The zero-order valence-corrected chi connectivity index (χ0v) is 21.7. The van der Waals surface area contributed by atoms with Gasteiger partial charge in [-0.25, -0.2) is 12.8 Å². The van der Waals surface area contributed by atoms with E-state index in [1.54, 1.807) is 12.1 Å². The fraction of sp³-hybridized carbons (Fsp3) is 0.208. The number of nitrogens with zero attached hydrogens (tertiary/aromatic N) is 3. The fourth-order valence-corrected chi connectivity index (χ4v) is 5.85. The molecule has 36 heavy (non-hydrogen) atoms. The van der Waals surface area contributed by atoms with E-state index in [0.717, 1.165) is 32.9 Å². The molecule has 0 N–H and O–H groups in total. The monoisotopic (exact) mass is 551 g/mol. The van der Waals surface area contributed by atoms with Crippen LogP contribution in [0.1, 0.15) is 16.0 Å². The number of benzene rings is 2. The molecule has 1 amide bonds. The van der Waals surface area contributed by atoms with Crippen molar-refractivity contribution >= 4 is 44.6 Å². The zero-order valence-electron chi connectivity index (χ0n) is 19.3. The normalized spacial score (nSPS) is 11.4. The molecule has 1 heterocycles. The lowest BCUT2D eigenvalue weighted by atomic mass is 10.2. The predicted octanol–water partition coefficient (Wildman–Crippen LogP) is 5.16. The van der Waals surface area contributed by atoms with Crippen molar-refractivity contribution in [1.29, 1.82) is 0 Å². The third-order valence-corrected chi connectivity index (χ3v) is 8.47. The summed E-state index contributed by atoms with van der Waals surface area (Å²) in [5.41, 5.74) is 1.10. The van der Waals surface area contributed by atoms with Crippen LogP contribution in [0.4, 0.5) is 10.1 Å². The Morgan fingerprint density at radius 3 is 2.47 bits per heavy atom. The molecule has 8 nitrogen and oxygen atoms in total. The maximum atomic E-state index is 13.4. The molecule has 190 valence electrons. The molecule has 0 spiro atoms. The third-order valence-electron chi connectivity index (χ3n) is 5.34. The molecule has 1 aromatic heterocycles. The minimum Gasteiger partial charge on any atom is -0.332 e. The maximum absolute atomic E-state index is 13.4. The van der Waals surface area contributed by atoms with Crippen LogP contribution in [-0.2, 0) is 27.9 Å². The van der Waals surface area contributed by atoms with E-state index in [0.29, 0.717) is 5.56 Å². The number of thiophene rings is 1. The van der Waals surface area contributed by atoms with E-state index in [2.05, 4.69) is 6.58 Å². The van der Waals surface area contributed by atoms with Crippen LogP contribution >= 0.6 is 22.9 Å². The molecule has 12 heteroatoms. The van der Waals surface area contributed by atoms with Gasteiger partial charge in [0.2, 0.25) is 15.9 Å². The van der Waals surface area contributed by atoms with Gasteiger partial charge in [-0.05, 0) is 53.8 Å². The molecule has 0 aliphatic rings. The summed E-state index contributed by atoms with van der Waals surface area (Å²) < 4.78 is 40.9. The minimum absolute atomic E-state index is 0.130. The molecule has 0 atom stereocenters. The van der Waals surface area contributed by atoms with Gasteiger partial charge < -0.3 is 4.90 Å². The Morgan fingerprint density at radius 1 is 1.19 bits per heavy atom. The Balaban J connectivity index is 1.92. The van der Waals surface area contributed by atoms with E-state index in [1.165, 1.54) is 34.4 Å². The smallest absolute Gasteiger partial charge is 0.289 e. The standard InChI is InChI=1S/C24H23ClFN3O5S2/c1-3-11-28(36(33,34)20-8-9-21(25)22(13-20)29(31)32)16-24(30)27(15-23-17(2)10-12-35-23)14-18-4-6-19(26)7-5-18/h3-10,12-13H,1,11,14-16H2,2H3. The van der Waals surface area contributed by atoms with Crippen LogP contribution in [0.25, 0.3) is 0 Å². The van der Waals surface area contributed by atoms with Crippen molar-refractivity contribution < 1.29 is 22.5 Å². The molecule has 3 aromatic rings. The first-order valence-corrected chi connectivity index (χ1v) is 13.3. The molecule has 2 aromatic carbocycles. The average molecular weight is 552 g/mol. The number of aryl methyl sites for hydroxylation is 1. The highest BCUT2D eigenvalue weighted by Crippen LogP contribution is 2.29. The van der Waals surface area contributed by atoms with E-state index < -0.39 is 38.9 Å². The first-order chi connectivity index (χ1) is 17.0. The van der Waals surface area contributed by atoms with Crippen LogP contribution < -0.4 is 0 Å². The Morgan fingerprint density at radius 2 is 1.89 bits per heavy atom. The van der Waals surface area contributed by atoms with Gasteiger partial charge in [0.05, 0.1) is 22.9 Å². The summed E-state index contributed by atoms with van der Waals surface area (Å²) in [6.07, 6.45) is 1.32. The highest BCUT2D eigenvalue weighted by atomic mass is 35.5. The van der Waals surface area contributed by atoms with E-state index in [-0.39, 0.29) is 29.6 Å². The Hall–Kier alpha value is -3.12. The summed E-state index contributed by atoms with van der Waals surface area (Å²) in [5, 5.41) is 12.9. The van der Waals surface area contributed by atoms with E-state index in [9.17, 15) is 27.7 Å². The SMILES string of the molecule is C=CCN(CC(=O)N(Cc1ccc(F)cc1)Cc1sccc1C)S(=O)(=O)c1ccc(Cl)c([N+](=O)[O-])c1. The van der Waals surface area contributed by atoms with Crippen molar-refractivity contribution in [1.82, 2.24) is 9.21 Å². The number of hydrogen-bond donors (Lipinski definition) is 0. The molecule has 0 fully saturated rings. The van der Waals surface area contributed by atoms with Gasteiger partial charge in [-0.3, -0.25) is 14.9 Å².